The van der Waals surface area contributed by atoms with Crippen molar-refractivity contribution in [2.24, 2.45) is 0 Å². The third kappa shape index (κ3) is 3.02. The van der Waals surface area contributed by atoms with Crippen LogP contribution >= 0.6 is 0 Å². The third-order valence-electron chi connectivity index (χ3n) is 4.20. The van der Waals surface area contributed by atoms with E-state index in [4.69, 9.17) is 0 Å². The van der Waals surface area contributed by atoms with E-state index in [1.54, 1.807) is 6.33 Å². The summed E-state index contributed by atoms with van der Waals surface area (Å²) >= 11 is 0. The standard InChI is InChI=1S/C19H22N4O/c1-5-16(15-8-6-7-12(2)9-15)22-19(24)17-18-21-13(3)10-14(4)23(18)11-20-17/h6-11,16H,5H2,1-4H3,(H,22,24). The minimum atomic E-state index is -0.191. The summed E-state index contributed by atoms with van der Waals surface area (Å²) in [6.45, 7) is 8.01. The molecule has 0 aliphatic carbocycles. The third-order valence-corrected chi connectivity index (χ3v) is 4.20. The molecule has 3 rings (SSSR count). The predicted molar refractivity (Wildman–Crippen MR) is 94.1 cm³/mol. The van der Waals surface area contributed by atoms with Crippen molar-refractivity contribution in [2.75, 3.05) is 0 Å². The maximum Gasteiger partial charge on any atom is 0.274 e. The van der Waals surface area contributed by atoms with Gasteiger partial charge in [-0.05, 0) is 38.8 Å². The lowest BCUT2D eigenvalue weighted by molar-refractivity contribution is 0.0932. The van der Waals surface area contributed by atoms with Gasteiger partial charge < -0.3 is 5.32 Å². The number of aromatic nitrogens is 3. The quantitative estimate of drug-likeness (QED) is 0.799. The number of hydrogen-bond acceptors (Lipinski definition) is 3. The Balaban J connectivity index is 1.92. The largest absolute Gasteiger partial charge is 0.344 e. The van der Waals surface area contributed by atoms with Crippen molar-refractivity contribution in [3.63, 3.8) is 0 Å². The van der Waals surface area contributed by atoms with E-state index in [2.05, 4.69) is 41.3 Å². The molecule has 2 aromatic heterocycles. The number of aryl methyl sites for hydroxylation is 3. The fourth-order valence-electron chi connectivity index (χ4n) is 2.97. The Bertz CT molecular complexity index is 898. The molecule has 0 fully saturated rings. The molecule has 0 saturated carbocycles. The van der Waals surface area contributed by atoms with Crippen LogP contribution in [0.1, 0.15) is 52.4 Å². The van der Waals surface area contributed by atoms with Crippen LogP contribution in [0.4, 0.5) is 0 Å². The molecule has 2 heterocycles. The van der Waals surface area contributed by atoms with E-state index < -0.39 is 0 Å². The number of fused-ring (bicyclic) bond motifs is 1. The number of carbonyl (C=O) groups excluding carboxylic acids is 1. The highest BCUT2D eigenvalue weighted by atomic mass is 16.2. The number of nitrogens with zero attached hydrogens (tertiary/aromatic N) is 3. The molecule has 1 amide bonds. The Morgan fingerprint density at radius 3 is 2.75 bits per heavy atom. The summed E-state index contributed by atoms with van der Waals surface area (Å²) < 4.78 is 1.84. The molecule has 0 radical (unpaired) electrons. The second-order valence-corrected chi connectivity index (χ2v) is 6.17. The Hall–Kier alpha value is -2.69. The minimum Gasteiger partial charge on any atom is -0.344 e. The highest BCUT2D eigenvalue weighted by molar-refractivity contribution is 5.98. The van der Waals surface area contributed by atoms with Gasteiger partial charge in [0.1, 0.15) is 6.33 Å². The summed E-state index contributed by atoms with van der Waals surface area (Å²) in [4.78, 5) is 21.5. The molecule has 1 atom stereocenters. The number of benzene rings is 1. The maximum atomic E-state index is 12.7. The van der Waals surface area contributed by atoms with Gasteiger partial charge in [-0.3, -0.25) is 9.20 Å². The Morgan fingerprint density at radius 1 is 1.25 bits per heavy atom. The van der Waals surface area contributed by atoms with Gasteiger partial charge in [0.2, 0.25) is 0 Å². The molecule has 5 heteroatoms. The highest BCUT2D eigenvalue weighted by Crippen LogP contribution is 2.19. The van der Waals surface area contributed by atoms with Gasteiger partial charge in [-0.25, -0.2) is 9.97 Å². The van der Waals surface area contributed by atoms with E-state index >= 15 is 0 Å². The molecule has 0 aliphatic rings. The molecule has 0 aliphatic heterocycles. The molecular formula is C19H22N4O. The van der Waals surface area contributed by atoms with E-state index in [-0.39, 0.29) is 11.9 Å². The van der Waals surface area contributed by atoms with Crippen molar-refractivity contribution in [2.45, 2.75) is 40.2 Å². The average Bonchev–Trinajstić information content (AvgIpc) is 2.96. The molecular weight excluding hydrogens is 300 g/mol. The Labute approximate surface area is 141 Å². The normalized spacial score (nSPS) is 12.3. The first-order chi connectivity index (χ1) is 11.5. The van der Waals surface area contributed by atoms with Gasteiger partial charge in [-0.1, -0.05) is 36.8 Å². The molecule has 0 saturated heterocycles. The van der Waals surface area contributed by atoms with E-state index in [0.29, 0.717) is 11.3 Å². The van der Waals surface area contributed by atoms with Crippen LogP contribution in [0.5, 0.6) is 0 Å². The average molecular weight is 322 g/mol. The van der Waals surface area contributed by atoms with Gasteiger partial charge in [0.25, 0.3) is 5.91 Å². The molecule has 24 heavy (non-hydrogen) atoms. The van der Waals surface area contributed by atoms with Crippen molar-refractivity contribution in [1.29, 1.82) is 0 Å². The summed E-state index contributed by atoms with van der Waals surface area (Å²) in [5.74, 6) is -0.191. The Kier molecular flexibility index (Phi) is 4.34. The van der Waals surface area contributed by atoms with Crippen LogP contribution in [0.3, 0.4) is 0 Å². The molecule has 1 unspecified atom stereocenters. The van der Waals surface area contributed by atoms with Crippen LogP contribution in [-0.2, 0) is 0 Å². The van der Waals surface area contributed by atoms with Crippen molar-refractivity contribution in [3.8, 4) is 0 Å². The lowest BCUT2D eigenvalue weighted by Gasteiger charge is -2.17. The van der Waals surface area contributed by atoms with Crippen LogP contribution in [-0.4, -0.2) is 20.3 Å². The van der Waals surface area contributed by atoms with Crippen molar-refractivity contribution in [1.82, 2.24) is 19.7 Å². The van der Waals surface area contributed by atoms with E-state index in [9.17, 15) is 4.79 Å². The van der Waals surface area contributed by atoms with Gasteiger partial charge in [-0.15, -0.1) is 0 Å². The minimum absolute atomic E-state index is 0.0416. The number of rotatable bonds is 4. The number of hydrogen-bond donors (Lipinski definition) is 1. The lowest BCUT2D eigenvalue weighted by atomic mass is 10.0. The summed E-state index contributed by atoms with van der Waals surface area (Å²) in [6, 6.07) is 10.1. The van der Waals surface area contributed by atoms with Gasteiger partial charge in [0.15, 0.2) is 11.3 Å². The fraction of sp³-hybridized carbons (Fsp3) is 0.316. The van der Waals surface area contributed by atoms with Crippen molar-refractivity contribution in [3.05, 3.63) is 64.9 Å². The van der Waals surface area contributed by atoms with Crippen molar-refractivity contribution >= 4 is 11.6 Å². The van der Waals surface area contributed by atoms with Crippen LogP contribution in [0, 0.1) is 20.8 Å². The van der Waals surface area contributed by atoms with E-state index in [0.717, 1.165) is 23.4 Å². The van der Waals surface area contributed by atoms with Crippen LogP contribution in [0.25, 0.3) is 5.65 Å². The van der Waals surface area contributed by atoms with Crippen LogP contribution in [0.2, 0.25) is 0 Å². The van der Waals surface area contributed by atoms with E-state index in [1.807, 2.05) is 36.4 Å². The monoisotopic (exact) mass is 322 g/mol. The topological polar surface area (TPSA) is 59.3 Å². The second kappa shape index (κ2) is 6.43. The zero-order valence-electron chi connectivity index (χ0n) is 14.5. The zero-order valence-corrected chi connectivity index (χ0v) is 14.5. The molecule has 1 N–H and O–H groups in total. The smallest absolute Gasteiger partial charge is 0.274 e. The van der Waals surface area contributed by atoms with Crippen LogP contribution < -0.4 is 5.32 Å². The molecule has 5 nitrogen and oxygen atoms in total. The second-order valence-electron chi connectivity index (χ2n) is 6.17. The molecule has 124 valence electrons. The summed E-state index contributed by atoms with van der Waals surface area (Å²) in [7, 11) is 0. The first-order valence-corrected chi connectivity index (χ1v) is 8.18. The summed E-state index contributed by atoms with van der Waals surface area (Å²) in [5.41, 5.74) is 5.14. The van der Waals surface area contributed by atoms with Gasteiger partial charge in [0.05, 0.1) is 6.04 Å². The van der Waals surface area contributed by atoms with Gasteiger partial charge in [-0.2, -0.15) is 0 Å². The molecule has 3 aromatic rings. The Morgan fingerprint density at radius 2 is 2.04 bits per heavy atom. The SMILES string of the molecule is CCC(NC(=O)c1ncn2c(C)cc(C)nc12)c1cccc(C)c1. The summed E-state index contributed by atoms with van der Waals surface area (Å²) in [6.07, 6.45) is 2.46. The van der Waals surface area contributed by atoms with Crippen LogP contribution in [0.15, 0.2) is 36.7 Å². The lowest BCUT2D eigenvalue weighted by Crippen LogP contribution is -2.28. The van der Waals surface area contributed by atoms with Gasteiger partial charge >= 0.3 is 0 Å². The zero-order chi connectivity index (χ0) is 17.3. The number of amides is 1. The maximum absolute atomic E-state index is 12.7. The fourth-order valence-corrected chi connectivity index (χ4v) is 2.97. The van der Waals surface area contributed by atoms with E-state index in [1.165, 1.54) is 5.56 Å². The number of imidazole rings is 1. The number of nitrogens with one attached hydrogen (secondary N) is 1. The highest BCUT2D eigenvalue weighted by Gasteiger charge is 2.19. The van der Waals surface area contributed by atoms with Crippen molar-refractivity contribution < 1.29 is 4.79 Å². The summed E-state index contributed by atoms with van der Waals surface area (Å²) in [5, 5.41) is 3.09. The first-order valence-electron chi connectivity index (χ1n) is 8.18. The predicted octanol–water partition coefficient (Wildman–Crippen LogP) is 3.54. The molecule has 0 spiro atoms. The van der Waals surface area contributed by atoms with Gasteiger partial charge in [0, 0.05) is 11.4 Å². The molecule has 1 aromatic carbocycles. The number of carbonyl (C=O) groups is 1. The molecule has 0 bridgehead atoms. The first kappa shape index (κ1) is 16.2.